The highest BCUT2D eigenvalue weighted by Gasteiger charge is 2.12. The summed E-state index contributed by atoms with van der Waals surface area (Å²) in [5, 5.41) is 7.71. The molecule has 20 heavy (non-hydrogen) atoms. The van der Waals surface area contributed by atoms with Crippen LogP contribution in [0.15, 0.2) is 36.5 Å². The number of thiocarbonyl (C=S) groups is 1. The van der Waals surface area contributed by atoms with Crippen molar-refractivity contribution < 1.29 is 9.47 Å². The summed E-state index contributed by atoms with van der Waals surface area (Å²) < 4.78 is 11.4. The number of nitrogens with two attached hydrogens (primary N) is 1. The highest BCUT2D eigenvalue weighted by Crippen LogP contribution is 2.31. The Labute approximate surface area is 122 Å². The molecular formula is C14H15N3O2S. The second-order valence-corrected chi connectivity index (χ2v) is 4.45. The summed E-state index contributed by atoms with van der Waals surface area (Å²) in [6, 6.07) is 9.03. The van der Waals surface area contributed by atoms with Crippen molar-refractivity contribution in [1.82, 2.24) is 10.2 Å². The van der Waals surface area contributed by atoms with Crippen LogP contribution in [0.3, 0.4) is 0 Å². The molecule has 1 aromatic heterocycles. The lowest BCUT2D eigenvalue weighted by Gasteiger charge is -2.12. The molecule has 0 amide bonds. The summed E-state index contributed by atoms with van der Waals surface area (Å²) in [6.45, 7) is 2.65. The lowest BCUT2D eigenvalue weighted by Crippen LogP contribution is -2.12. The third-order valence-electron chi connectivity index (χ3n) is 2.47. The normalized spacial score (nSPS) is 10.1. The van der Waals surface area contributed by atoms with Crippen LogP contribution in [-0.4, -0.2) is 21.8 Å². The second-order valence-electron chi connectivity index (χ2n) is 4.01. The summed E-state index contributed by atoms with van der Waals surface area (Å²) >= 11 is 4.97. The summed E-state index contributed by atoms with van der Waals surface area (Å²) in [5.74, 6) is 1.47. The average Bonchev–Trinajstić information content (AvgIpc) is 2.47. The smallest absolute Gasteiger partial charge is 0.249 e. The molecule has 1 heterocycles. The van der Waals surface area contributed by atoms with Gasteiger partial charge in [-0.3, -0.25) is 0 Å². The van der Waals surface area contributed by atoms with Crippen LogP contribution in [0.25, 0.3) is 0 Å². The van der Waals surface area contributed by atoms with E-state index >= 15 is 0 Å². The number of rotatable bonds is 6. The molecule has 0 fully saturated rings. The van der Waals surface area contributed by atoms with Gasteiger partial charge in [-0.1, -0.05) is 31.3 Å². The highest BCUT2D eigenvalue weighted by molar-refractivity contribution is 7.80. The maximum Gasteiger partial charge on any atom is 0.249 e. The molecule has 0 bridgehead atoms. The van der Waals surface area contributed by atoms with E-state index in [4.69, 9.17) is 27.4 Å². The minimum absolute atomic E-state index is 0.210. The zero-order valence-corrected chi connectivity index (χ0v) is 11.9. The first-order valence-corrected chi connectivity index (χ1v) is 6.64. The van der Waals surface area contributed by atoms with Gasteiger partial charge in [0.25, 0.3) is 0 Å². The largest absolute Gasteiger partial charge is 0.490 e. The van der Waals surface area contributed by atoms with Gasteiger partial charge in [0.2, 0.25) is 5.88 Å². The van der Waals surface area contributed by atoms with Gasteiger partial charge in [-0.05, 0) is 24.6 Å². The number of ether oxygens (including phenoxy) is 2. The zero-order chi connectivity index (χ0) is 14.4. The second kappa shape index (κ2) is 6.81. The maximum absolute atomic E-state index is 5.73. The predicted molar refractivity (Wildman–Crippen MR) is 80.2 cm³/mol. The topological polar surface area (TPSA) is 70.3 Å². The van der Waals surface area contributed by atoms with E-state index in [1.807, 2.05) is 25.1 Å². The number of hydrogen-bond donors (Lipinski definition) is 1. The van der Waals surface area contributed by atoms with E-state index in [1.165, 1.54) is 6.20 Å². The van der Waals surface area contributed by atoms with Crippen LogP contribution in [0.2, 0.25) is 0 Å². The molecule has 0 saturated heterocycles. The van der Waals surface area contributed by atoms with Crippen LogP contribution >= 0.6 is 12.2 Å². The van der Waals surface area contributed by atoms with Gasteiger partial charge in [0.1, 0.15) is 4.99 Å². The van der Waals surface area contributed by atoms with Crippen molar-refractivity contribution in [2.75, 3.05) is 6.61 Å². The first-order valence-electron chi connectivity index (χ1n) is 6.23. The molecule has 0 spiro atoms. The summed E-state index contributed by atoms with van der Waals surface area (Å²) in [5.41, 5.74) is 6.18. The Morgan fingerprint density at radius 2 is 2.00 bits per heavy atom. The van der Waals surface area contributed by atoms with Gasteiger partial charge in [0.15, 0.2) is 11.5 Å². The number of aromatic nitrogens is 2. The third kappa shape index (κ3) is 3.42. The van der Waals surface area contributed by atoms with Crippen molar-refractivity contribution in [3.8, 4) is 17.4 Å². The first-order chi connectivity index (χ1) is 9.72. The van der Waals surface area contributed by atoms with Crippen molar-refractivity contribution in [3.63, 3.8) is 0 Å². The molecule has 1 aromatic carbocycles. The van der Waals surface area contributed by atoms with Crippen molar-refractivity contribution in [1.29, 1.82) is 0 Å². The monoisotopic (exact) mass is 289 g/mol. The number of para-hydroxylation sites is 2. The Kier molecular flexibility index (Phi) is 4.84. The molecule has 0 radical (unpaired) electrons. The van der Waals surface area contributed by atoms with Crippen LogP contribution in [0.1, 0.15) is 18.9 Å². The van der Waals surface area contributed by atoms with Gasteiger partial charge in [0.05, 0.1) is 18.4 Å². The van der Waals surface area contributed by atoms with Crippen LogP contribution in [0.5, 0.6) is 17.4 Å². The molecule has 0 unspecified atom stereocenters. The van der Waals surface area contributed by atoms with E-state index in [9.17, 15) is 0 Å². The Hall–Kier alpha value is -2.21. The predicted octanol–water partition coefficient (Wildman–Crippen LogP) is 2.69. The average molecular weight is 289 g/mol. The molecule has 0 atom stereocenters. The van der Waals surface area contributed by atoms with Crippen LogP contribution in [0, 0.1) is 0 Å². The Morgan fingerprint density at radius 1 is 1.25 bits per heavy atom. The third-order valence-corrected chi connectivity index (χ3v) is 2.69. The molecule has 0 aliphatic carbocycles. The molecule has 5 nitrogen and oxygen atoms in total. The van der Waals surface area contributed by atoms with Gasteiger partial charge in [-0.15, -0.1) is 5.10 Å². The molecule has 0 aliphatic heterocycles. The maximum atomic E-state index is 5.73. The Bertz CT molecular complexity index is 604. The van der Waals surface area contributed by atoms with E-state index in [1.54, 1.807) is 12.1 Å². The lowest BCUT2D eigenvalue weighted by atomic mass is 10.3. The van der Waals surface area contributed by atoms with Gasteiger partial charge < -0.3 is 15.2 Å². The fraction of sp³-hybridized carbons (Fsp3) is 0.214. The van der Waals surface area contributed by atoms with E-state index in [0.717, 1.165) is 6.42 Å². The molecule has 104 valence electrons. The molecule has 0 aliphatic rings. The summed E-state index contributed by atoms with van der Waals surface area (Å²) in [4.78, 5) is 0.210. The highest BCUT2D eigenvalue weighted by atomic mass is 32.1. The first kappa shape index (κ1) is 14.2. The molecule has 2 aromatic rings. The Balaban J connectivity index is 2.28. The molecule has 2 N–H and O–H groups in total. The molecule has 6 heteroatoms. The number of nitrogens with zero attached hydrogens (tertiary/aromatic N) is 2. The zero-order valence-electron chi connectivity index (χ0n) is 11.1. The minimum Gasteiger partial charge on any atom is -0.490 e. The van der Waals surface area contributed by atoms with Gasteiger partial charge in [-0.25, -0.2) is 0 Å². The standard InChI is InChI=1S/C14H15N3O2S/c1-2-9-18-11-5-3-4-6-12(11)19-14-10(13(15)20)7-8-16-17-14/h3-8H,2,9H2,1H3,(H2,15,20). The van der Waals surface area contributed by atoms with E-state index in [2.05, 4.69) is 10.2 Å². The van der Waals surface area contributed by atoms with E-state index < -0.39 is 0 Å². The van der Waals surface area contributed by atoms with Crippen molar-refractivity contribution in [2.45, 2.75) is 13.3 Å². The fourth-order valence-electron chi connectivity index (χ4n) is 1.55. The van der Waals surface area contributed by atoms with Crippen LogP contribution in [0.4, 0.5) is 0 Å². The van der Waals surface area contributed by atoms with Crippen molar-refractivity contribution in [2.24, 2.45) is 5.73 Å². The van der Waals surface area contributed by atoms with Crippen molar-refractivity contribution in [3.05, 3.63) is 42.1 Å². The number of hydrogen-bond acceptors (Lipinski definition) is 5. The van der Waals surface area contributed by atoms with Crippen LogP contribution < -0.4 is 15.2 Å². The molecule has 0 saturated carbocycles. The lowest BCUT2D eigenvalue weighted by molar-refractivity contribution is 0.300. The van der Waals surface area contributed by atoms with Crippen molar-refractivity contribution >= 4 is 17.2 Å². The SMILES string of the molecule is CCCOc1ccccc1Oc1nnccc1C(N)=S. The number of benzene rings is 1. The molecule has 2 rings (SSSR count). The Morgan fingerprint density at radius 3 is 2.70 bits per heavy atom. The van der Waals surface area contributed by atoms with Gasteiger partial charge in [-0.2, -0.15) is 5.10 Å². The van der Waals surface area contributed by atoms with Gasteiger partial charge in [0, 0.05) is 0 Å². The molecular weight excluding hydrogens is 274 g/mol. The summed E-state index contributed by atoms with van der Waals surface area (Å²) in [7, 11) is 0. The summed E-state index contributed by atoms with van der Waals surface area (Å²) in [6.07, 6.45) is 2.43. The van der Waals surface area contributed by atoms with Crippen LogP contribution in [-0.2, 0) is 0 Å². The van der Waals surface area contributed by atoms with E-state index in [0.29, 0.717) is 23.7 Å². The van der Waals surface area contributed by atoms with E-state index in [-0.39, 0.29) is 10.9 Å². The fourth-order valence-corrected chi connectivity index (χ4v) is 1.71. The van der Waals surface area contributed by atoms with Gasteiger partial charge >= 0.3 is 0 Å². The quantitative estimate of drug-likeness (QED) is 0.824. The minimum atomic E-state index is 0.210.